The third-order valence-corrected chi connectivity index (χ3v) is 6.88. The smallest absolute Gasteiger partial charge is 0.0482 e. The molecule has 0 bridgehead atoms. The summed E-state index contributed by atoms with van der Waals surface area (Å²) < 4.78 is 30.7. The summed E-state index contributed by atoms with van der Waals surface area (Å²) in [6.45, 7) is 0. The van der Waals surface area contributed by atoms with Crippen molar-refractivity contribution in [3.05, 3.63) is 28.4 Å². The zero-order valence-corrected chi connectivity index (χ0v) is 21.8. The van der Waals surface area contributed by atoms with Crippen LogP contribution >= 0.6 is 103 Å². The summed E-state index contributed by atoms with van der Waals surface area (Å²) in [6.07, 6.45) is 0. The fourth-order valence-electron chi connectivity index (χ4n) is 0.544. The predicted molar refractivity (Wildman–Crippen MR) is 87.8 cm³/mol. The number of halogens is 5. The Kier molecular flexibility index (Phi) is 17.6. The maximum atomic E-state index is 8.55. The first-order valence-corrected chi connectivity index (χ1v) is 13.1. The summed E-state index contributed by atoms with van der Waals surface area (Å²) in [6, 6.07) is 1.97. The quantitative estimate of drug-likeness (QED) is 0.146. The van der Waals surface area contributed by atoms with Crippen molar-refractivity contribution in [3.63, 3.8) is 0 Å². The molecule has 12 nitrogen and oxygen atoms in total. The molecule has 0 fully saturated rings. The molecule has 1 aromatic carbocycles. The van der Waals surface area contributed by atoms with Gasteiger partial charge in [-0.05, 0) is 85.7 Å². The van der Waals surface area contributed by atoms with E-state index in [1.807, 2.05) is 6.07 Å². The molecule has 0 heterocycles. The number of hydrogen-bond acceptors (Lipinski definition) is 12. The van der Waals surface area contributed by atoms with Crippen LogP contribution in [0, 0.1) is 0 Å². The third-order valence-electron chi connectivity index (χ3n) is 1.06. The average Bonchev–Trinajstić information content (AvgIpc) is 2.27. The zero-order chi connectivity index (χ0) is 22.1. The van der Waals surface area contributed by atoms with Crippen LogP contribution in [0.25, 0.3) is 0 Å². The number of hydrogen-bond donors (Lipinski definition) is 0. The van der Waals surface area contributed by atoms with Crippen molar-refractivity contribution in [2.24, 2.45) is 0 Å². The lowest BCUT2D eigenvalue weighted by molar-refractivity contribution is -0.434. The van der Waals surface area contributed by atoms with Gasteiger partial charge in [-0.1, -0.05) is 0 Å². The van der Waals surface area contributed by atoms with Crippen LogP contribution in [0.5, 0.6) is 0 Å². The van der Waals surface area contributed by atoms with Gasteiger partial charge in [-0.15, -0.1) is 0 Å². The maximum absolute atomic E-state index is 8.55. The lowest BCUT2D eigenvalue weighted by Gasteiger charge is -2.36. The van der Waals surface area contributed by atoms with Crippen molar-refractivity contribution in [1.82, 2.24) is 0 Å². The molecule has 0 atom stereocenters. The minimum absolute atomic E-state index is 0.999. The second-order valence-corrected chi connectivity index (χ2v) is 9.89. The lowest BCUT2D eigenvalue weighted by atomic mass is 10.4. The molecule has 0 aliphatic rings. The summed E-state index contributed by atoms with van der Waals surface area (Å²) in [5, 5.41) is 0. The average molecular weight is 758 g/mol. The highest BCUT2D eigenvalue weighted by molar-refractivity contribution is 9.15. The van der Waals surface area contributed by atoms with E-state index in [2.05, 4.69) is 79.6 Å². The predicted octanol–water partition coefficient (Wildman–Crippen LogP) is -2.97. The fraction of sp³-hybridized carbons (Fsp3) is 0. The van der Waals surface area contributed by atoms with Crippen LogP contribution in [-0.2, 0) is 13.7 Å². The van der Waals surface area contributed by atoms with Crippen LogP contribution < -0.4 is 44.0 Å². The summed E-state index contributed by atoms with van der Waals surface area (Å²) in [5.41, 5.74) is 0. The number of rotatable bonds is 0. The van der Waals surface area contributed by atoms with E-state index in [9.17, 15) is 0 Å². The van der Waals surface area contributed by atoms with Gasteiger partial charge >= 0.3 is 0 Å². The second kappa shape index (κ2) is 14.0. The van der Waals surface area contributed by atoms with Crippen LogP contribution in [0.3, 0.4) is 0 Å². The van der Waals surface area contributed by atoms with Gasteiger partial charge in [0.2, 0.25) is 0 Å². The molecule has 26 heavy (non-hydrogen) atoms. The molecule has 156 valence electrons. The van der Waals surface area contributed by atoms with Gasteiger partial charge in [0.15, 0.2) is 0 Å². The van der Waals surface area contributed by atoms with Crippen molar-refractivity contribution in [1.29, 1.82) is 0 Å². The van der Waals surface area contributed by atoms with Crippen LogP contribution in [0.1, 0.15) is 0 Å². The first-order chi connectivity index (χ1) is 11.0. The van der Waals surface area contributed by atoms with E-state index in [-0.39, 0.29) is 0 Å². The normalized spacial score (nSPS) is 11.2. The van der Waals surface area contributed by atoms with E-state index in [1.54, 1.807) is 0 Å². The van der Waals surface area contributed by atoms with E-state index in [4.69, 9.17) is 57.7 Å². The second-order valence-electron chi connectivity index (χ2n) is 3.12. The third kappa shape index (κ3) is 33.5. The molecule has 0 aliphatic heterocycles. The molecule has 0 N–H and O–H groups in total. The number of phosphoric acid groups is 3. The standard InChI is InChI=1S/C6HBr5.3H3O4P/c7-2-1-3(8)5(10)6(11)4(2)9;3*1-5(2,3)4/h1H;3*(H3,1,2,3,4)/p-9. The van der Waals surface area contributed by atoms with Crippen molar-refractivity contribution >= 4 is 103 Å². The highest BCUT2D eigenvalue weighted by atomic mass is 79.9. The lowest BCUT2D eigenvalue weighted by Crippen LogP contribution is -2.24. The van der Waals surface area contributed by atoms with Gasteiger partial charge in [-0.3, -0.25) is 0 Å². The Labute approximate surface area is 188 Å². The van der Waals surface area contributed by atoms with Gasteiger partial charge in [0.25, 0.3) is 0 Å². The van der Waals surface area contributed by atoms with Gasteiger partial charge < -0.3 is 57.7 Å². The van der Waals surface area contributed by atoms with Crippen LogP contribution in [0.4, 0.5) is 0 Å². The van der Waals surface area contributed by atoms with E-state index < -0.39 is 23.5 Å². The number of benzene rings is 1. The van der Waals surface area contributed by atoms with E-state index >= 15 is 0 Å². The van der Waals surface area contributed by atoms with Crippen molar-refractivity contribution < 1.29 is 57.7 Å². The van der Waals surface area contributed by atoms with Crippen LogP contribution in [0.15, 0.2) is 28.4 Å². The summed E-state index contributed by atoms with van der Waals surface area (Å²) >= 11 is 17.1. The SMILES string of the molecule is Brc1cc(Br)c(Br)c(Br)c1Br.O=P([O-])([O-])[O-].O=P([O-])([O-])[O-].O=P([O-])([O-])[O-]. The fourth-order valence-corrected chi connectivity index (χ4v) is 3.56. The van der Waals surface area contributed by atoms with Gasteiger partial charge in [-0.25, -0.2) is 0 Å². The maximum Gasteiger partial charge on any atom is 0.0482 e. The molecule has 1 aromatic rings. The molecule has 0 radical (unpaired) electrons. The van der Waals surface area contributed by atoms with Gasteiger partial charge in [0.1, 0.15) is 0 Å². The Morgan fingerprint density at radius 1 is 0.500 bits per heavy atom. The summed E-state index contributed by atoms with van der Waals surface area (Å²) in [5.74, 6) is 0. The molecule has 20 heteroatoms. The Morgan fingerprint density at radius 2 is 0.654 bits per heavy atom. The molecule has 0 aliphatic carbocycles. The summed E-state index contributed by atoms with van der Waals surface area (Å²) in [7, 11) is -16.2. The Balaban J connectivity index is -0.000000300. The highest BCUT2D eigenvalue weighted by Crippen LogP contribution is 2.40. The molecule has 0 aromatic heterocycles. The molecule has 0 saturated heterocycles. The molecule has 0 saturated carbocycles. The van der Waals surface area contributed by atoms with Gasteiger partial charge in [0, 0.05) is 22.4 Å². The monoisotopic (exact) mass is 752 g/mol. The topological polar surface area (TPSA) is 259 Å². The Hall–Kier alpha value is 1.95. The van der Waals surface area contributed by atoms with E-state index in [1.165, 1.54) is 0 Å². The van der Waals surface area contributed by atoms with Crippen LogP contribution in [0.2, 0.25) is 0 Å². The van der Waals surface area contributed by atoms with Gasteiger partial charge in [0.05, 0.1) is 0 Å². The van der Waals surface area contributed by atoms with Crippen molar-refractivity contribution in [3.8, 4) is 0 Å². The molecular formula is C6HBr5O12P3-9. The molecular weight excluding hydrogens is 756 g/mol. The zero-order valence-electron chi connectivity index (χ0n) is 11.2. The van der Waals surface area contributed by atoms with E-state index in [0.717, 1.165) is 22.4 Å². The van der Waals surface area contributed by atoms with Gasteiger partial charge in [-0.2, -0.15) is 23.5 Å². The molecule has 1 rings (SSSR count). The van der Waals surface area contributed by atoms with Crippen LogP contribution in [-0.4, -0.2) is 0 Å². The first kappa shape index (κ1) is 32.6. The van der Waals surface area contributed by atoms with Crippen molar-refractivity contribution in [2.75, 3.05) is 0 Å². The largest absolute Gasteiger partial charge is 0.822 e. The van der Waals surface area contributed by atoms with E-state index in [0.29, 0.717) is 0 Å². The first-order valence-electron chi connectivity index (χ1n) is 4.71. The minimum atomic E-state index is -5.39. The molecule has 0 amide bonds. The Morgan fingerprint density at radius 3 is 0.808 bits per heavy atom. The summed E-state index contributed by atoms with van der Waals surface area (Å²) in [4.78, 5) is 76.9. The molecule has 0 spiro atoms. The van der Waals surface area contributed by atoms with Crippen molar-refractivity contribution in [2.45, 2.75) is 0 Å². The Bertz CT molecular complexity index is 611. The highest BCUT2D eigenvalue weighted by Gasteiger charge is 2.09. The minimum Gasteiger partial charge on any atom is -0.822 e. The molecule has 0 unspecified atom stereocenters.